The number of aryl methyl sites for hydroxylation is 2. The van der Waals surface area contributed by atoms with E-state index in [2.05, 4.69) is 49.6 Å². The number of nitrogens with zero attached hydrogens (tertiary/aromatic N) is 1. The molecule has 0 amide bonds. The van der Waals surface area contributed by atoms with E-state index < -0.39 is 0 Å². The summed E-state index contributed by atoms with van der Waals surface area (Å²) in [7, 11) is 0. The number of aromatic nitrogens is 1. The molecule has 0 N–H and O–H groups in total. The minimum Gasteiger partial charge on any atom is -0.235 e. The van der Waals surface area contributed by atoms with Crippen LogP contribution in [-0.4, -0.2) is 4.98 Å². The molecule has 0 unspecified atom stereocenters. The summed E-state index contributed by atoms with van der Waals surface area (Å²) in [6.45, 7) is 4.29. The van der Waals surface area contributed by atoms with E-state index in [0.29, 0.717) is 0 Å². The van der Waals surface area contributed by atoms with Crippen LogP contribution in [0, 0.1) is 13.8 Å². The Morgan fingerprint density at radius 2 is 1.78 bits per heavy atom. The van der Waals surface area contributed by atoms with Gasteiger partial charge in [0.25, 0.3) is 0 Å². The van der Waals surface area contributed by atoms with Gasteiger partial charge in [0.1, 0.15) is 5.01 Å². The van der Waals surface area contributed by atoms with Crippen LogP contribution in [0.1, 0.15) is 10.4 Å². The second-order valence-electron chi connectivity index (χ2n) is 4.22. The first-order valence-corrected chi connectivity index (χ1v) is 7.52. The van der Waals surface area contributed by atoms with Crippen LogP contribution in [0.5, 0.6) is 0 Å². The highest BCUT2D eigenvalue weighted by molar-refractivity contribution is 7.21. The molecular weight excluding hydrogens is 258 g/mol. The molecule has 0 radical (unpaired) electrons. The molecule has 0 saturated heterocycles. The average Bonchev–Trinajstić information content (AvgIpc) is 2.96. The summed E-state index contributed by atoms with van der Waals surface area (Å²) in [5.41, 5.74) is 3.63. The van der Waals surface area contributed by atoms with Gasteiger partial charge in [-0.2, -0.15) is 0 Å². The third-order valence-corrected chi connectivity index (χ3v) is 5.04. The van der Waals surface area contributed by atoms with Gasteiger partial charge in [0.05, 0.1) is 10.6 Å². The van der Waals surface area contributed by atoms with Crippen molar-refractivity contribution >= 4 is 22.7 Å². The first-order valence-electron chi connectivity index (χ1n) is 5.83. The molecule has 0 aliphatic heterocycles. The first kappa shape index (κ1) is 11.6. The molecule has 1 aromatic carbocycles. The molecule has 0 bridgehead atoms. The molecule has 1 nitrogen and oxygen atoms in total. The zero-order valence-corrected chi connectivity index (χ0v) is 11.9. The summed E-state index contributed by atoms with van der Waals surface area (Å²) >= 11 is 3.55. The molecule has 0 fully saturated rings. The Kier molecular flexibility index (Phi) is 3.02. The van der Waals surface area contributed by atoms with E-state index in [0.717, 1.165) is 10.7 Å². The van der Waals surface area contributed by atoms with Crippen molar-refractivity contribution in [3.63, 3.8) is 0 Å². The van der Waals surface area contributed by atoms with E-state index in [1.165, 1.54) is 20.9 Å². The lowest BCUT2D eigenvalue weighted by Gasteiger charge is -1.96. The SMILES string of the molecule is Cc1ccsc1-c1nc(-c2ccccc2)c(C)s1. The molecule has 90 valence electrons. The van der Waals surface area contributed by atoms with Crippen molar-refractivity contribution in [1.82, 2.24) is 4.98 Å². The Labute approximate surface area is 115 Å². The second kappa shape index (κ2) is 4.67. The highest BCUT2D eigenvalue weighted by Crippen LogP contribution is 2.36. The second-order valence-corrected chi connectivity index (χ2v) is 6.34. The summed E-state index contributed by atoms with van der Waals surface area (Å²) < 4.78 is 0. The standard InChI is InChI=1S/C15H13NS2/c1-10-8-9-17-14(10)15-16-13(11(2)18-15)12-6-4-3-5-7-12/h3-9H,1-2H3. The molecule has 0 aliphatic carbocycles. The number of hydrogen-bond donors (Lipinski definition) is 0. The monoisotopic (exact) mass is 271 g/mol. The van der Waals surface area contributed by atoms with Crippen molar-refractivity contribution in [3.05, 3.63) is 52.2 Å². The molecule has 3 rings (SSSR count). The Morgan fingerprint density at radius 1 is 1.00 bits per heavy atom. The lowest BCUT2D eigenvalue weighted by Crippen LogP contribution is -1.80. The van der Waals surface area contributed by atoms with Gasteiger partial charge in [0, 0.05) is 10.4 Å². The van der Waals surface area contributed by atoms with Crippen LogP contribution in [0.4, 0.5) is 0 Å². The molecular formula is C15H13NS2. The van der Waals surface area contributed by atoms with Crippen LogP contribution in [0.15, 0.2) is 41.8 Å². The fourth-order valence-electron chi connectivity index (χ4n) is 1.95. The fourth-order valence-corrected chi connectivity index (χ4v) is 3.97. The van der Waals surface area contributed by atoms with Crippen LogP contribution in [0.25, 0.3) is 21.1 Å². The number of thiazole rings is 1. The zero-order valence-electron chi connectivity index (χ0n) is 10.3. The fraction of sp³-hybridized carbons (Fsp3) is 0.133. The molecule has 0 spiro atoms. The average molecular weight is 271 g/mol. The predicted octanol–water partition coefficient (Wildman–Crippen LogP) is 5.16. The van der Waals surface area contributed by atoms with Gasteiger partial charge in [-0.05, 0) is 30.9 Å². The van der Waals surface area contributed by atoms with Crippen molar-refractivity contribution < 1.29 is 0 Å². The third kappa shape index (κ3) is 2.00. The van der Waals surface area contributed by atoms with Gasteiger partial charge in [-0.1, -0.05) is 30.3 Å². The molecule has 18 heavy (non-hydrogen) atoms. The van der Waals surface area contributed by atoms with Gasteiger partial charge in [0.15, 0.2) is 0 Å². The molecule has 3 heteroatoms. The maximum Gasteiger partial charge on any atom is 0.134 e. The molecule has 0 atom stereocenters. The van der Waals surface area contributed by atoms with Gasteiger partial charge in [-0.15, -0.1) is 22.7 Å². The lowest BCUT2D eigenvalue weighted by atomic mass is 10.1. The lowest BCUT2D eigenvalue weighted by molar-refractivity contribution is 1.37. The number of benzene rings is 1. The summed E-state index contributed by atoms with van der Waals surface area (Å²) in [6.07, 6.45) is 0. The van der Waals surface area contributed by atoms with Crippen molar-refractivity contribution in [2.75, 3.05) is 0 Å². The minimum atomic E-state index is 1.11. The summed E-state index contributed by atoms with van der Waals surface area (Å²) in [6, 6.07) is 12.5. The van der Waals surface area contributed by atoms with Gasteiger partial charge in [0.2, 0.25) is 0 Å². The van der Waals surface area contributed by atoms with Gasteiger partial charge in [-0.3, -0.25) is 0 Å². The minimum absolute atomic E-state index is 1.11. The van der Waals surface area contributed by atoms with Crippen molar-refractivity contribution in [2.24, 2.45) is 0 Å². The van der Waals surface area contributed by atoms with E-state index in [1.54, 1.807) is 22.7 Å². The van der Waals surface area contributed by atoms with E-state index in [1.807, 2.05) is 6.07 Å². The predicted molar refractivity (Wildman–Crippen MR) is 80.3 cm³/mol. The third-order valence-electron chi connectivity index (χ3n) is 2.90. The molecule has 0 saturated carbocycles. The highest BCUT2D eigenvalue weighted by Gasteiger charge is 2.13. The van der Waals surface area contributed by atoms with Crippen molar-refractivity contribution in [3.8, 4) is 21.1 Å². The summed E-state index contributed by atoms with van der Waals surface area (Å²) in [5, 5.41) is 3.27. The summed E-state index contributed by atoms with van der Waals surface area (Å²) in [4.78, 5) is 7.39. The smallest absolute Gasteiger partial charge is 0.134 e. The Bertz CT molecular complexity index is 665. The highest BCUT2D eigenvalue weighted by atomic mass is 32.1. The maximum absolute atomic E-state index is 4.81. The maximum atomic E-state index is 4.81. The van der Waals surface area contributed by atoms with Gasteiger partial charge >= 0.3 is 0 Å². The zero-order chi connectivity index (χ0) is 12.5. The normalized spacial score (nSPS) is 10.8. The largest absolute Gasteiger partial charge is 0.235 e. The Hall–Kier alpha value is -1.45. The number of thiophene rings is 1. The van der Waals surface area contributed by atoms with E-state index in [9.17, 15) is 0 Å². The van der Waals surface area contributed by atoms with E-state index in [4.69, 9.17) is 4.98 Å². The van der Waals surface area contributed by atoms with Crippen LogP contribution < -0.4 is 0 Å². The molecule has 0 aliphatic rings. The van der Waals surface area contributed by atoms with Crippen molar-refractivity contribution in [1.29, 1.82) is 0 Å². The Morgan fingerprint density at radius 3 is 2.44 bits per heavy atom. The first-order chi connectivity index (χ1) is 8.75. The van der Waals surface area contributed by atoms with Crippen LogP contribution >= 0.6 is 22.7 Å². The topological polar surface area (TPSA) is 12.9 Å². The van der Waals surface area contributed by atoms with Crippen LogP contribution in [0.3, 0.4) is 0 Å². The Balaban J connectivity index is 2.10. The molecule has 2 heterocycles. The molecule has 3 aromatic rings. The number of hydrogen-bond acceptors (Lipinski definition) is 3. The quantitative estimate of drug-likeness (QED) is 0.627. The van der Waals surface area contributed by atoms with E-state index in [-0.39, 0.29) is 0 Å². The van der Waals surface area contributed by atoms with Crippen molar-refractivity contribution in [2.45, 2.75) is 13.8 Å². The number of rotatable bonds is 2. The van der Waals surface area contributed by atoms with Crippen LogP contribution in [0.2, 0.25) is 0 Å². The summed E-state index contributed by atoms with van der Waals surface area (Å²) in [5.74, 6) is 0. The van der Waals surface area contributed by atoms with Crippen LogP contribution in [-0.2, 0) is 0 Å². The van der Waals surface area contributed by atoms with Gasteiger partial charge < -0.3 is 0 Å². The van der Waals surface area contributed by atoms with Gasteiger partial charge in [-0.25, -0.2) is 4.98 Å². The van der Waals surface area contributed by atoms with E-state index >= 15 is 0 Å². The molecule has 2 aromatic heterocycles.